The monoisotopic (exact) mass is 357 g/mol. The number of halogens is 1. The van der Waals surface area contributed by atoms with Gasteiger partial charge in [0.15, 0.2) is 5.13 Å². The fourth-order valence-electron chi connectivity index (χ4n) is 2.55. The van der Waals surface area contributed by atoms with Gasteiger partial charge >= 0.3 is 0 Å². The summed E-state index contributed by atoms with van der Waals surface area (Å²) in [5, 5.41) is 0.675. The normalized spacial score (nSPS) is 11.2. The summed E-state index contributed by atoms with van der Waals surface area (Å²) in [6, 6.07) is 13.5. The molecule has 130 valence electrons. The first-order chi connectivity index (χ1) is 12.0. The summed E-state index contributed by atoms with van der Waals surface area (Å²) in [6.07, 6.45) is 0.829. The lowest BCUT2D eigenvalue weighted by molar-refractivity contribution is 0.0986. The van der Waals surface area contributed by atoms with E-state index in [9.17, 15) is 9.18 Å². The number of amides is 1. The van der Waals surface area contributed by atoms with E-state index in [4.69, 9.17) is 0 Å². The highest BCUT2D eigenvalue weighted by Gasteiger charge is 2.21. The Hall–Kier alpha value is -2.31. The van der Waals surface area contributed by atoms with Gasteiger partial charge in [-0.05, 0) is 63.5 Å². The average molecular weight is 357 g/mol. The Bertz CT molecular complexity index is 827. The van der Waals surface area contributed by atoms with Gasteiger partial charge in [0.2, 0.25) is 0 Å². The number of benzene rings is 2. The van der Waals surface area contributed by atoms with Gasteiger partial charge in [-0.2, -0.15) is 0 Å². The number of thiazole rings is 1. The van der Waals surface area contributed by atoms with E-state index in [2.05, 4.69) is 9.88 Å². The first kappa shape index (κ1) is 17.5. The molecule has 0 saturated carbocycles. The fraction of sp³-hybridized carbons (Fsp3) is 0.263. The van der Waals surface area contributed by atoms with Crippen LogP contribution in [0.4, 0.5) is 9.52 Å². The molecule has 2 aromatic carbocycles. The van der Waals surface area contributed by atoms with Gasteiger partial charge in [-0.3, -0.25) is 9.69 Å². The van der Waals surface area contributed by atoms with Gasteiger partial charge < -0.3 is 4.90 Å². The summed E-state index contributed by atoms with van der Waals surface area (Å²) in [6.45, 7) is 1.44. The van der Waals surface area contributed by atoms with Gasteiger partial charge in [0.25, 0.3) is 5.91 Å². The Kier molecular flexibility index (Phi) is 5.40. The molecule has 4 nitrogen and oxygen atoms in total. The Morgan fingerprint density at radius 3 is 2.48 bits per heavy atom. The lowest BCUT2D eigenvalue weighted by Gasteiger charge is -2.21. The minimum Gasteiger partial charge on any atom is -0.309 e. The molecular formula is C19H20FN3OS. The van der Waals surface area contributed by atoms with Gasteiger partial charge in [0, 0.05) is 12.1 Å². The number of rotatable bonds is 6. The number of fused-ring (bicyclic) bond motifs is 1. The second kappa shape index (κ2) is 7.72. The van der Waals surface area contributed by atoms with E-state index in [0.29, 0.717) is 17.2 Å². The molecule has 1 aromatic heterocycles. The number of para-hydroxylation sites is 1. The first-order valence-electron chi connectivity index (χ1n) is 8.12. The van der Waals surface area contributed by atoms with E-state index in [1.54, 1.807) is 4.90 Å². The van der Waals surface area contributed by atoms with Crippen LogP contribution < -0.4 is 4.90 Å². The summed E-state index contributed by atoms with van der Waals surface area (Å²) in [5.74, 6) is -0.506. The van der Waals surface area contributed by atoms with Crippen LogP contribution in [-0.4, -0.2) is 43.0 Å². The third-order valence-electron chi connectivity index (χ3n) is 3.84. The molecule has 1 heterocycles. The third-order valence-corrected chi connectivity index (χ3v) is 4.90. The Morgan fingerprint density at radius 2 is 1.80 bits per heavy atom. The fourth-order valence-corrected chi connectivity index (χ4v) is 3.54. The molecule has 0 aliphatic carbocycles. The molecule has 0 radical (unpaired) electrons. The lowest BCUT2D eigenvalue weighted by Crippen LogP contribution is -2.33. The van der Waals surface area contributed by atoms with Crippen LogP contribution in [-0.2, 0) is 0 Å². The highest BCUT2D eigenvalue weighted by atomic mass is 32.1. The topological polar surface area (TPSA) is 36.4 Å². The Balaban J connectivity index is 1.90. The average Bonchev–Trinajstić information content (AvgIpc) is 3.02. The lowest BCUT2D eigenvalue weighted by atomic mass is 10.2. The number of hydrogen-bond acceptors (Lipinski definition) is 4. The molecule has 0 aliphatic heterocycles. The molecule has 0 aliphatic rings. The van der Waals surface area contributed by atoms with Crippen LogP contribution in [0.1, 0.15) is 16.8 Å². The van der Waals surface area contributed by atoms with Gasteiger partial charge in [0.1, 0.15) is 5.82 Å². The quantitative estimate of drug-likeness (QED) is 0.668. The van der Waals surface area contributed by atoms with Crippen molar-refractivity contribution < 1.29 is 9.18 Å². The van der Waals surface area contributed by atoms with Crippen molar-refractivity contribution in [2.45, 2.75) is 6.42 Å². The SMILES string of the molecule is CN(C)CCCN(C(=O)c1ccc(F)cc1)c1nc2ccccc2s1. The van der Waals surface area contributed by atoms with E-state index >= 15 is 0 Å². The smallest absolute Gasteiger partial charge is 0.260 e. The second-order valence-corrected chi connectivity index (χ2v) is 7.09. The molecule has 3 aromatic rings. The van der Waals surface area contributed by atoms with Crippen molar-refractivity contribution in [3.05, 3.63) is 59.9 Å². The van der Waals surface area contributed by atoms with Crippen LogP contribution in [0.5, 0.6) is 0 Å². The highest BCUT2D eigenvalue weighted by molar-refractivity contribution is 7.22. The van der Waals surface area contributed by atoms with Crippen LogP contribution in [0.25, 0.3) is 10.2 Å². The zero-order valence-corrected chi connectivity index (χ0v) is 15.1. The molecule has 25 heavy (non-hydrogen) atoms. The highest BCUT2D eigenvalue weighted by Crippen LogP contribution is 2.29. The van der Waals surface area contributed by atoms with Crippen LogP contribution in [0.3, 0.4) is 0 Å². The number of anilines is 1. The van der Waals surface area contributed by atoms with Crippen molar-refractivity contribution in [3.63, 3.8) is 0 Å². The van der Waals surface area contributed by atoms with Crippen molar-refractivity contribution >= 4 is 32.6 Å². The van der Waals surface area contributed by atoms with E-state index in [1.165, 1.54) is 35.6 Å². The standard InChI is InChI=1S/C19H20FN3OS/c1-22(2)12-5-13-23(18(24)14-8-10-15(20)11-9-14)19-21-16-6-3-4-7-17(16)25-19/h3-4,6-11H,5,12-13H2,1-2H3. The molecule has 0 fully saturated rings. The van der Waals surface area contributed by atoms with Crippen LogP contribution in [0.15, 0.2) is 48.5 Å². The van der Waals surface area contributed by atoms with Crippen molar-refractivity contribution in [1.29, 1.82) is 0 Å². The Labute approximate surface area is 150 Å². The van der Waals surface area contributed by atoms with Crippen molar-refractivity contribution in [3.8, 4) is 0 Å². The molecule has 0 unspecified atom stereocenters. The molecule has 0 atom stereocenters. The van der Waals surface area contributed by atoms with Gasteiger partial charge in [-0.1, -0.05) is 23.5 Å². The minimum atomic E-state index is -0.351. The summed E-state index contributed by atoms with van der Waals surface area (Å²) in [7, 11) is 4.01. The maximum absolute atomic E-state index is 13.2. The maximum Gasteiger partial charge on any atom is 0.260 e. The van der Waals surface area contributed by atoms with Gasteiger partial charge in [-0.25, -0.2) is 9.37 Å². The van der Waals surface area contributed by atoms with E-state index in [1.807, 2.05) is 38.4 Å². The first-order valence-corrected chi connectivity index (χ1v) is 8.94. The largest absolute Gasteiger partial charge is 0.309 e. The maximum atomic E-state index is 13.2. The summed E-state index contributed by atoms with van der Waals surface area (Å²) in [5.41, 5.74) is 1.34. The predicted octanol–water partition coefficient (Wildman–Crippen LogP) is 4.03. The van der Waals surface area contributed by atoms with Crippen LogP contribution in [0, 0.1) is 5.82 Å². The molecule has 0 bridgehead atoms. The van der Waals surface area contributed by atoms with E-state index < -0.39 is 0 Å². The van der Waals surface area contributed by atoms with Gasteiger partial charge in [0.05, 0.1) is 10.2 Å². The van der Waals surface area contributed by atoms with Crippen LogP contribution in [0.2, 0.25) is 0 Å². The number of aromatic nitrogens is 1. The van der Waals surface area contributed by atoms with Gasteiger partial charge in [-0.15, -0.1) is 0 Å². The summed E-state index contributed by atoms with van der Waals surface area (Å²) in [4.78, 5) is 21.4. The van der Waals surface area contributed by atoms with E-state index in [-0.39, 0.29) is 11.7 Å². The van der Waals surface area contributed by atoms with Crippen molar-refractivity contribution in [2.24, 2.45) is 0 Å². The minimum absolute atomic E-state index is 0.155. The Morgan fingerprint density at radius 1 is 1.08 bits per heavy atom. The summed E-state index contributed by atoms with van der Waals surface area (Å²) >= 11 is 1.50. The molecule has 0 saturated heterocycles. The van der Waals surface area contributed by atoms with E-state index in [0.717, 1.165) is 23.2 Å². The van der Waals surface area contributed by atoms with Crippen molar-refractivity contribution in [2.75, 3.05) is 32.1 Å². The molecule has 0 spiro atoms. The molecule has 0 N–H and O–H groups in total. The summed E-state index contributed by atoms with van der Waals surface area (Å²) < 4.78 is 14.2. The number of carbonyl (C=O) groups excluding carboxylic acids is 1. The second-order valence-electron chi connectivity index (χ2n) is 6.08. The van der Waals surface area contributed by atoms with Crippen LogP contribution >= 0.6 is 11.3 Å². The zero-order chi connectivity index (χ0) is 17.8. The molecule has 3 rings (SSSR count). The third kappa shape index (κ3) is 4.21. The molecule has 6 heteroatoms. The number of hydrogen-bond donors (Lipinski definition) is 0. The predicted molar refractivity (Wildman–Crippen MR) is 101 cm³/mol. The number of nitrogens with zero attached hydrogens (tertiary/aromatic N) is 3. The van der Waals surface area contributed by atoms with Crippen molar-refractivity contribution in [1.82, 2.24) is 9.88 Å². The number of carbonyl (C=O) groups is 1. The molecular weight excluding hydrogens is 337 g/mol. The zero-order valence-electron chi connectivity index (χ0n) is 14.3. The molecule has 1 amide bonds.